The van der Waals surface area contributed by atoms with Crippen LogP contribution in [0.3, 0.4) is 0 Å². The van der Waals surface area contributed by atoms with Gasteiger partial charge in [0, 0.05) is 35.1 Å². The van der Waals surface area contributed by atoms with Gasteiger partial charge in [-0.15, -0.1) is 0 Å². The lowest BCUT2D eigenvalue weighted by atomic mass is 9.92. The number of likely N-dealkylation sites (N-methyl/N-ethyl adjacent to an activating group) is 2. The Morgan fingerprint density at radius 2 is 1.35 bits per heavy atom. The largest absolute Gasteiger partial charge is 0.497 e. The summed E-state index contributed by atoms with van der Waals surface area (Å²) in [5.41, 5.74) is 0.492. The molecule has 2 aromatic rings. The average molecular weight is 1300 g/mol. The molecular formula is C67H106N6O17Si. The van der Waals surface area contributed by atoms with E-state index < -0.39 is 146 Å². The molecular weight excluding hydrogens is 1190 g/mol. The fraction of sp³-hybridized carbons (Fsp3) is 0.672. The molecule has 11 atom stereocenters. The zero-order chi connectivity index (χ0) is 68.8. The van der Waals surface area contributed by atoms with E-state index >= 15 is 4.79 Å². The number of ketones is 1. The fourth-order valence-corrected chi connectivity index (χ4v) is 11.0. The number of aliphatic hydroxyl groups excluding tert-OH is 1. The minimum Gasteiger partial charge on any atom is -0.497 e. The highest BCUT2D eigenvalue weighted by Gasteiger charge is 2.45. The maximum atomic E-state index is 15.0. The van der Waals surface area contributed by atoms with Crippen molar-refractivity contribution >= 4 is 67.6 Å². The third-order valence-electron chi connectivity index (χ3n) is 15.9. The van der Waals surface area contributed by atoms with Crippen LogP contribution in [0.2, 0.25) is 25.7 Å². The highest BCUT2D eigenvalue weighted by atomic mass is 28.3. The molecule has 23 nitrogen and oxygen atoms in total. The number of carbonyl (C=O) groups excluding carboxylic acids is 10. The normalized spacial score (nSPS) is 16.7. The zero-order valence-electron chi connectivity index (χ0n) is 57.4. The molecule has 2 aromatic carbocycles. The van der Waals surface area contributed by atoms with Gasteiger partial charge in [0.15, 0.2) is 17.9 Å². The van der Waals surface area contributed by atoms with Crippen molar-refractivity contribution in [1.82, 2.24) is 30.7 Å². The Morgan fingerprint density at radius 1 is 0.736 bits per heavy atom. The number of ether oxygens (including phenoxy) is 6. The molecule has 0 aromatic heterocycles. The Bertz CT molecular complexity index is 2730. The third-order valence-corrected chi connectivity index (χ3v) is 17.6. The van der Waals surface area contributed by atoms with E-state index in [0.29, 0.717) is 30.2 Å². The number of benzene rings is 2. The predicted octanol–water partition coefficient (Wildman–Crippen LogP) is 8.03. The molecule has 0 unspecified atom stereocenters. The third kappa shape index (κ3) is 25.5. The minimum atomic E-state index is -1.74. The second-order valence-electron chi connectivity index (χ2n) is 27.4. The number of likely N-dealkylation sites (tertiary alicyclic amines) is 1. The van der Waals surface area contributed by atoms with E-state index in [4.69, 9.17) is 28.4 Å². The van der Waals surface area contributed by atoms with Crippen molar-refractivity contribution in [3.8, 4) is 5.75 Å². The summed E-state index contributed by atoms with van der Waals surface area (Å²) in [6.07, 6.45) is -5.19. The van der Waals surface area contributed by atoms with Crippen molar-refractivity contribution in [2.24, 2.45) is 29.6 Å². The number of alkyl carbamates (subject to hydrolysis) is 1. The van der Waals surface area contributed by atoms with Crippen LogP contribution >= 0.6 is 0 Å². The number of nitrogens with one attached hydrogen (secondary N) is 3. The Balaban J connectivity index is 1.94. The van der Waals surface area contributed by atoms with E-state index in [9.17, 15) is 48.3 Å². The number of rotatable bonds is 34. The van der Waals surface area contributed by atoms with Gasteiger partial charge in [0.1, 0.15) is 48.2 Å². The van der Waals surface area contributed by atoms with Crippen molar-refractivity contribution < 1.29 is 81.5 Å². The summed E-state index contributed by atoms with van der Waals surface area (Å²) < 4.78 is 33.9. The van der Waals surface area contributed by atoms with Crippen LogP contribution < -0.4 is 20.7 Å². The van der Waals surface area contributed by atoms with E-state index in [-0.39, 0.29) is 63.2 Å². The first-order valence-electron chi connectivity index (χ1n) is 31.9. The van der Waals surface area contributed by atoms with Gasteiger partial charge < -0.3 is 59.3 Å². The fourth-order valence-electron chi connectivity index (χ4n) is 10.3. The van der Waals surface area contributed by atoms with Crippen LogP contribution in [-0.4, -0.2) is 182 Å². The van der Waals surface area contributed by atoms with E-state index in [1.54, 1.807) is 90.1 Å². The van der Waals surface area contributed by atoms with Gasteiger partial charge in [-0.1, -0.05) is 124 Å². The molecule has 1 fully saturated rings. The van der Waals surface area contributed by atoms with E-state index in [1.807, 2.05) is 40.7 Å². The quantitative estimate of drug-likeness (QED) is 0.0223. The van der Waals surface area contributed by atoms with Crippen molar-refractivity contribution in [3.05, 3.63) is 65.7 Å². The second-order valence-corrected chi connectivity index (χ2v) is 33.0. The molecule has 0 bridgehead atoms. The van der Waals surface area contributed by atoms with Crippen LogP contribution in [0, 0.1) is 29.6 Å². The van der Waals surface area contributed by atoms with Gasteiger partial charge in [-0.25, -0.2) is 19.2 Å². The second kappa shape index (κ2) is 36.2. The molecule has 1 aliphatic heterocycles. The maximum Gasteiger partial charge on any atom is 0.410 e. The van der Waals surface area contributed by atoms with Crippen molar-refractivity contribution in [1.29, 1.82) is 0 Å². The summed E-state index contributed by atoms with van der Waals surface area (Å²) >= 11 is 0. The number of nitrogens with zero attached hydrogens (tertiary/aromatic N) is 3. The first-order chi connectivity index (χ1) is 42.4. The number of aliphatic hydroxyl groups is 1. The van der Waals surface area contributed by atoms with Crippen LogP contribution in [0.15, 0.2) is 54.6 Å². The van der Waals surface area contributed by atoms with Gasteiger partial charge in [0.2, 0.25) is 23.6 Å². The number of esters is 3. The number of amides is 6. The SMILES string of the molecule is CC[C@H](C)[C@@H](NC(=O)OC(C)(C)C)[C@H](O)CC(=O)O[C@@H](C(=O)[C@H](C)C(=O)N[C@@H](CC(C)C)C(=O)N1CCC[C@H]1C(=O)N(C)[C@@H](Cc1ccc(OC)cc1)C(=O)O[C@H](C)[C@H](NC(=O)[C@@H](CC(C)C)N(C)C(=O)OCc1ccccc1)C(=O)OCC[Si](C)(C)C)C(C)C. The summed E-state index contributed by atoms with van der Waals surface area (Å²) in [6.45, 7) is 28.5. The standard InChI is InChI=1S/C67H106N6O17Si/c1-20-43(8)55(70-65(83)90-67(11,12)13)53(74)38-54(75)89-58(42(6)7)57(76)44(9)59(77)68-49(35-40(2)3)61(79)73-32-24-27-50(73)62(80)71(14)52(37-46-28-30-48(85-16)31-29-46)63(81)88-45(10)56(64(82)86-33-34-91(17,18)19)69-60(78)51(36-41(4)5)72(15)66(84)87-39-47-25-22-21-23-26-47/h21-23,25-26,28-31,40-45,49-53,55-56,58,74H,20,24,27,32-39H2,1-19H3,(H,68,77)(H,69,78)(H,70,83)/t43-,44-,45+,49-,50-,51+,52-,53+,55+,56-,58+/m0/s1. The van der Waals surface area contributed by atoms with Crippen molar-refractivity contribution in [2.45, 2.75) is 227 Å². The van der Waals surface area contributed by atoms with Crippen LogP contribution in [0.5, 0.6) is 5.75 Å². The maximum absolute atomic E-state index is 15.0. The molecule has 0 aliphatic carbocycles. The Morgan fingerprint density at radius 3 is 1.90 bits per heavy atom. The van der Waals surface area contributed by atoms with Crippen LogP contribution in [0.1, 0.15) is 140 Å². The first-order valence-corrected chi connectivity index (χ1v) is 35.6. The van der Waals surface area contributed by atoms with Gasteiger partial charge in [0.25, 0.3) is 0 Å². The van der Waals surface area contributed by atoms with E-state index in [0.717, 1.165) is 10.5 Å². The average Bonchev–Trinajstić information content (AvgIpc) is 1.80. The lowest BCUT2D eigenvalue weighted by molar-refractivity contribution is -0.165. The van der Waals surface area contributed by atoms with Gasteiger partial charge >= 0.3 is 30.1 Å². The van der Waals surface area contributed by atoms with E-state index in [1.165, 1.54) is 44.9 Å². The molecule has 510 valence electrons. The topological polar surface area (TPSA) is 292 Å². The molecule has 0 radical (unpaired) electrons. The first kappa shape index (κ1) is 78.2. The lowest BCUT2D eigenvalue weighted by Gasteiger charge is -2.35. The molecule has 6 amide bonds. The number of carbonyl (C=O) groups is 10. The number of methoxy groups -OCH3 is 1. The Kier molecular flexibility index (Phi) is 31.1. The molecule has 0 saturated carbocycles. The summed E-state index contributed by atoms with van der Waals surface area (Å²) in [4.78, 5) is 145. The van der Waals surface area contributed by atoms with Crippen LogP contribution in [0.4, 0.5) is 9.59 Å². The van der Waals surface area contributed by atoms with Crippen molar-refractivity contribution in [2.75, 3.05) is 34.4 Å². The number of hydrogen-bond donors (Lipinski definition) is 4. The Labute approximate surface area is 540 Å². The summed E-state index contributed by atoms with van der Waals surface area (Å²) in [7, 11) is 2.58. The van der Waals surface area contributed by atoms with Crippen molar-refractivity contribution in [3.63, 3.8) is 0 Å². The minimum absolute atomic E-state index is 0.0249. The zero-order valence-corrected chi connectivity index (χ0v) is 58.4. The number of Topliss-reactive ketones (excluding diaryl/α,β-unsaturated/α-hetero) is 1. The molecule has 1 heterocycles. The van der Waals surface area contributed by atoms with Gasteiger partial charge in [-0.2, -0.15) is 0 Å². The molecule has 24 heteroatoms. The molecule has 1 aliphatic rings. The Hall–Kier alpha value is -7.08. The highest BCUT2D eigenvalue weighted by Crippen LogP contribution is 2.27. The number of hydrogen-bond acceptors (Lipinski definition) is 17. The summed E-state index contributed by atoms with van der Waals surface area (Å²) in [5.74, 6) is -8.50. The smallest absolute Gasteiger partial charge is 0.410 e. The van der Waals surface area contributed by atoms with Crippen LogP contribution in [0.25, 0.3) is 0 Å². The van der Waals surface area contributed by atoms with E-state index in [2.05, 4.69) is 35.6 Å². The summed E-state index contributed by atoms with van der Waals surface area (Å²) in [6, 6.07) is 9.01. The molecule has 0 spiro atoms. The molecule has 1 saturated heterocycles. The lowest BCUT2D eigenvalue weighted by Crippen LogP contribution is -2.58. The molecule has 3 rings (SSSR count). The van der Waals surface area contributed by atoms with Gasteiger partial charge in [-0.05, 0) is 113 Å². The predicted molar refractivity (Wildman–Crippen MR) is 346 cm³/mol. The van der Waals surface area contributed by atoms with Gasteiger partial charge in [0.05, 0.1) is 38.2 Å². The highest BCUT2D eigenvalue weighted by molar-refractivity contribution is 6.76. The molecule has 4 N–H and O–H groups in total. The monoisotopic (exact) mass is 1290 g/mol. The van der Waals surface area contributed by atoms with Crippen LogP contribution in [-0.2, 0) is 75.1 Å². The molecule has 91 heavy (non-hydrogen) atoms. The van der Waals surface area contributed by atoms with Gasteiger partial charge in [-0.3, -0.25) is 33.7 Å². The summed E-state index contributed by atoms with van der Waals surface area (Å²) in [5, 5.41) is 19.4.